The molecule has 0 atom stereocenters. The number of halogens is 2. The van der Waals surface area contributed by atoms with Crippen molar-refractivity contribution >= 4 is 67.3 Å². The van der Waals surface area contributed by atoms with Crippen LogP contribution in [-0.2, 0) is 10.0 Å². The molecule has 1 aromatic carbocycles. The van der Waals surface area contributed by atoms with E-state index in [1.165, 1.54) is 30.5 Å². The van der Waals surface area contributed by atoms with Crippen LogP contribution in [-0.4, -0.2) is 25.6 Å². The number of fused-ring (bicyclic) bond motifs is 1. The summed E-state index contributed by atoms with van der Waals surface area (Å²) in [7, 11) is -2.63. The fraction of sp³-hybridized carbons (Fsp3) is 0.0714. The minimum atomic E-state index is -4.01. The summed E-state index contributed by atoms with van der Waals surface area (Å²) in [6.07, 6.45) is 0. The highest BCUT2D eigenvalue weighted by Crippen LogP contribution is 2.41. The first-order chi connectivity index (χ1) is 11.2. The van der Waals surface area contributed by atoms with Crippen LogP contribution in [0, 0.1) is 5.82 Å². The Morgan fingerprint density at radius 1 is 1.42 bits per heavy atom. The zero-order valence-electron chi connectivity index (χ0n) is 12.1. The number of sulfonamides is 1. The van der Waals surface area contributed by atoms with Gasteiger partial charge in [-0.1, -0.05) is 23.8 Å². The molecule has 2 heterocycles. The van der Waals surface area contributed by atoms with E-state index in [4.69, 9.17) is 23.8 Å². The lowest BCUT2D eigenvalue weighted by Crippen LogP contribution is -2.35. The number of nitrogens with zero attached hydrogens (tertiary/aromatic N) is 1. The van der Waals surface area contributed by atoms with Gasteiger partial charge in [0.1, 0.15) is 10.8 Å². The summed E-state index contributed by atoms with van der Waals surface area (Å²) in [6, 6.07) is 5.36. The molecule has 0 bridgehead atoms. The van der Waals surface area contributed by atoms with Crippen molar-refractivity contribution in [3.8, 4) is 0 Å². The normalized spacial score (nSPS) is 16.0. The van der Waals surface area contributed by atoms with E-state index in [1.807, 2.05) is 0 Å². The van der Waals surface area contributed by atoms with Gasteiger partial charge in [-0.25, -0.2) is 12.8 Å². The molecule has 0 unspecified atom stereocenters. The standard InChI is InChI=1S/C14H10ClFN2O3S3/c1-18-10-4-5-23-12(10)11(19)13(24(18,20)21)14(22)17-7-2-3-9(16)8(15)6-7/h2-6,19H,1H3,(H,17,22). The molecule has 0 amide bonds. The highest BCUT2D eigenvalue weighted by molar-refractivity contribution is 7.99. The van der Waals surface area contributed by atoms with Crippen molar-refractivity contribution < 1.29 is 17.9 Å². The summed E-state index contributed by atoms with van der Waals surface area (Å²) in [5, 5.41) is 14.6. The number of thiophene rings is 1. The Morgan fingerprint density at radius 3 is 2.79 bits per heavy atom. The second-order valence-corrected chi connectivity index (χ2v) is 8.51. The van der Waals surface area contributed by atoms with Gasteiger partial charge in [0, 0.05) is 12.7 Å². The highest BCUT2D eigenvalue weighted by atomic mass is 35.5. The van der Waals surface area contributed by atoms with E-state index in [9.17, 15) is 17.9 Å². The Hall–Kier alpha value is -1.68. The second kappa shape index (κ2) is 5.99. The van der Waals surface area contributed by atoms with E-state index < -0.39 is 26.5 Å². The monoisotopic (exact) mass is 404 g/mol. The van der Waals surface area contributed by atoms with Crippen LogP contribution in [0.2, 0.25) is 5.02 Å². The molecule has 1 aliphatic rings. The molecule has 0 saturated heterocycles. The number of benzene rings is 1. The minimum Gasteiger partial charge on any atom is -0.505 e. The maximum Gasteiger partial charge on any atom is 0.270 e. The third-order valence-electron chi connectivity index (χ3n) is 3.42. The second-order valence-electron chi connectivity index (χ2n) is 4.87. The van der Waals surface area contributed by atoms with Crippen LogP contribution in [0.1, 0.15) is 4.88 Å². The Labute approximate surface area is 152 Å². The summed E-state index contributed by atoms with van der Waals surface area (Å²) in [5.74, 6) is -1.02. The van der Waals surface area contributed by atoms with Gasteiger partial charge >= 0.3 is 0 Å². The molecule has 0 radical (unpaired) electrons. The van der Waals surface area contributed by atoms with Gasteiger partial charge in [0.2, 0.25) is 0 Å². The highest BCUT2D eigenvalue weighted by Gasteiger charge is 2.38. The summed E-state index contributed by atoms with van der Waals surface area (Å²) >= 11 is 12.0. The summed E-state index contributed by atoms with van der Waals surface area (Å²) in [5.41, 5.74) is 0.690. The fourth-order valence-electron chi connectivity index (χ4n) is 2.21. The molecule has 1 aromatic heterocycles. The van der Waals surface area contributed by atoms with Gasteiger partial charge in [-0.15, -0.1) is 11.3 Å². The van der Waals surface area contributed by atoms with E-state index in [0.717, 1.165) is 10.4 Å². The van der Waals surface area contributed by atoms with E-state index in [2.05, 4.69) is 5.32 Å². The van der Waals surface area contributed by atoms with Gasteiger partial charge < -0.3 is 10.4 Å². The minimum absolute atomic E-state index is 0.134. The molecule has 126 valence electrons. The first-order valence-electron chi connectivity index (χ1n) is 6.50. The SMILES string of the molecule is CN1c2ccsc2C(O)=C(C(=S)Nc2ccc(F)c(Cl)c2)S1(=O)=O. The predicted molar refractivity (Wildman–Crippen MR) is 98.8 cm³/mol. The molecule has 10 heteroatoms. The Kier molecular flexibility index (Phi) is 4.28. The number of hydrogen-bond donors (Lipinski definition) is 2. The molecule has 2 aromatic rings. The van der Waals surface area contributed by atoms with Crippen molar-refractivity contribution in [3.05, 3.63) is 50.3 Å². The Bertz CT molecular complexity index is 985. The quantitative estimate of drug-likeness (QED) is 0.741. The number of aliphatic hydroxyl groups excluding tert-OH is 1. The first kappa shape index (κ1) is 17.2. The predicted octanol–water partition coefficient (Wildman–Crippen LogP) is 3.99. The largest absolute Gasteiger partial charge is 0.505 e. The van der Waals surface area contributed by atoms with Gasteiger partial charge in [0.15, 0.2) is 10.7 Å². The van der Waals surface area contributed by atoms with E-state index >= 15 is 0 Å². The van der Waals surface area contributed by atoms with Crippen molar-refractivity contribution in [1.29, 1.82) is 0 Å². The van der Waals surface area contributed by atoms with Crippen LogP contribution in [0.3, 0.4) is 0 Å². The third kappa shape index (κ3) is 2.67. The number of nitrogens with one attached hydrogen (secondary N) is 1. The van der Waals surface area contributed by atoms with Crippen molar-refractivity contribution in [2.45, 2.75) is 0 Å². The van der Waals surface area contributed by atoms with Crippen molar-refractivity contribution in [2.75, 3.05) is 16.7 Å². The lowest BCUT2D eigenvalue weighted by molar-refractivity contribution is 0.511. The summed E-state index contributed by atoms with van der Waals surface area (Å²) in [6.45, 7) is 0. The van der Waals surface area contributed by atoms with Crippen LogP contribution in [0.15, 0.2) is 34.6 Å². The Morgan fingerprint density at radius 2 is 2.12 bits per heavy atom. The molecule has 3 rings (SSSR count). The molecule has 1 aliphatic heterocycles. The molecule has 5 nitrogen and oxygen atoms in total. The molecule has 24 heavy (non-hydrogen) atoms. The van der Waals surface area contributed by atoms with Crippen molar-refractivity contribution in [1.82, 2.24) is 0 Å². The maximum atomic E-state index is 13.2. The molecule has 0 aliphatic carbocycles. The molecule has 0 fully saturated rings. The molecular formula is C14H10ClFN2O3S3. The average molecular weight is 405 g/mol. The zero-order valence-corrected chi connectivity index (χ0v) is 15.3. The molecule has 0 saturated carbocycles. The number of hydrogen-bond acceptors (Lipinski definition) is 5. The van der Waals surface area contributed by atoms with Crippen LogP contribution < -0.4 is 9.62 Å². The third-order valence-corrected chi connectivity index (χ3v) is 6.88. The van der Waals surface area contributed by atoms with Crippen LogP contribution in [0.4, 0.5) is 15.8 Å². The van der Waals surface area contributed by atoms with E-state index in [0.29, 0.717) is 16.3 Å². The fourth-order valence-corrected chi connectivity index (χ4v) is 5.23. The number of anilines is 2. The topological polar surface area (TPSA) is 69.6 Å². The van der Waals surface area contributed by atoms with Gasteiger partial charge in [0.05, 0.1) is 15.6 Å². The van der Waals surface area contributed by atoms with Gasteiger partial charge in [0.25, 0.3) is 10.0 Å². The molecular weight excluding hydrogens is 395 g/mol. The smallest absolute Gasteiger partial charge is 0.270 e. The first-order valence-corrected chi connectivity index (χ1v) is 9.60. The maximum absolute atomic E-state index is 13.2. The lowest BCUT2D eigenvalue weighted by atomic mass is 10.3. The van der Waals surface area contributed by atoms with Crippen LogP contribution in [0.5, 0.6) is 0 Å². The van der Waals surface area contributed by atoms with E-state index in [-0.39, 0.29) is 10.0 Å². The summed E-state index contributed by atoms with van der Waals surface area (Å²) in [4.78, 5) is -0.208. The molecule has 2 N–H and O–H groups in total. The van der Waals surface area contributed by atoms with Crippen LogP contribution >= 0.6 is 35.2 Å². The summed E-state index contributed by atoms with van der Waals surface area (Å²) < 4.78 is 39.5. The number of aliphatic hydroxyl groups is 1. The van der Waals surface area contributed by atoms with Crippen LogP contribution in [0.25, 0.3) is 5.76 Å². The zero-order chi connectivity index (χ0) is 17.6. The average Bonchev–Trinajstić information content (AvgIpc) is 2.98. The number of thiocarbonyl (C=S) groups is 1. The van der Waals surface area contributed by atoms with Gasteiger partial charge in [-0.2, -0.15) is 0 Å². The van der Waals surface area contributed by atoms with Crippen molar-refractivity contribution in [2.24, 2.45) is 0 Å². The molecule has 0 spiro atoms. The van der Waals surface area contributed by atoms with Gasteiger partial charge in [-0.05, 0) is 29.6 Å². The Balaban J connectivity index is 2.05. The lowest BCUT2D eigenvalue weighted by Gasteiger charge is -2.27. The van der Waals surface area contributed by atoms with Crippen molar-refractivity contribution in [3.63, 3.8) is 0 Å². The van der Waals surface area contributed by atoms with Gasteiger partial charge in [-0.3, -0.25) is 4.31 Å². The number of rotatable bonds is 2. The van der Waals surface area contributed by atoms with E-state index in [1.54, 1.807) is 11.4 Å².